The molecule has 0 saturated carbocycles. The van der Waals surface area contributed by atoms with Gasteiger partial charge in [0.15, 0.2) is 0 Å². The molecular formula is C55H45ClOP3Ru. The maximum absolute atomic E-state index is 9.18. The van der Waals surface area contributed by atoms with Gasteiger partial charge in [0.05, 0.1) is 0 Å². The summed E-state index contributed by atoms with van der Waals surface area (Å²) in [6, 6.07) is 97.0. The van der Waals surface area contributed by atoms with Gasteiger partial charge in [-0.05, 0) is 71.5 Å². The minimum Gasteiger partial charge on any atom is -0.0622 e. The molecule has 0 aliphatic heterocycles. The molecule has 0 fully saturated rings. The minimum atomic E-state index is -0.446. The average molecular weight is 951 g/mol. The fourth-order valence-corrected chi connectivity index (χ4v) is 13.5. The quantitative estimate of drug-likeness (QED) is 0.0800. The van der Waals surface area contributed by atoms with Crippen LogP contribution in [0.4, 0.5) is 4.79 Å². The molecule has 0 heterocycles. The van der Waals surface area contributed by atoms with Crippen molar-refractivity contribution in [3.63, 3.8) is 0 Å². The molecule has 9 rings (SSSR count). The summed E-state index contributed by atoms with van der Waals surface area (Å²) in [5.74, 6) is 0. The molecule has 0 aromatic heterocycles. The van der Waals surface area contributed by atoms with Crippen LogP contribution in [-0.2, 0) is 18.3 Å². The van der Waals surface area contributed by atoms with Crippen LogP contribution in [0.25, 0.3) is 0 Å². The van der Waals surface area contributed by atoms with Gasteiger partial charge in [-0.25, -0.2) is 0 Å². The summed E-state index contributed by atoms with van der Waals surface area (Å²) >= 11 is 6.31. The summed E-state index contributed by atoms with van der Waals surface area (Å²) in [5.41, 5.74) is 0. The molecule has 0 aliphatic rings. The molecule has 301 valence electrons. The second-order valence-electron chi connectivity index (χ2n) is 13.2. The molecule has 9 aromatic carbocycles. The molecule has 6 heteroatoms. The normalized spacial score (nSPS) is 10.3. The molecular weight excluding hydrogens is 906 g/mol. The van der Waals surface area contributed by atoms with Crippen molar-refractivity contribution in [2.24, 2.45) is 0 Å². The van der Waals surface area contributed by atoms with Crippen LogP contribution in [0.5, 0.6) is 0 Å². The summed E-state index contributed by atoms with van der Waals surface area (Å²) in [4.78, 5) is 9.18. The number of carbonyl (C=O) groups excluding carboxylic acids is 1. The zero-order chi connectivity index (χ0) is 42.3. The summed E-state index contributed by atoms with van der Waals surface area (Å²) in [5, 5.41) is 12.6. The molecule has 1 nitrogen and oxygen atoms in total. The summed E-state index contributed by atoms with van der Waals surface area (Å²) in [7, 11) is -1.34. The van der Waals surface area contributed by atoms with E-state index in [4.69, 9.17) is 0 Å². The third kappa shape index (κ3) is 14.5. The Bertz CT molecular complexity index is 1970. The molecule has 61 heavy (non-hydrogen) atoms. The van der Waals surface area contributed by atoms with Crippen molar-refractivity contribution in [3.05, 3.63) is 273 Å². The van der Waals surface area contributed by atoms with Crippen LogP contribution < -0.4 is 47.7 Å². The van der Waals surface area contributed by atoms with Crippen molar-refractivity contribution < 1.29 is 23.1 Å². The second-order valence-corrected chi connectivity index (χ2v) is 21.5. The van der Waals surface area contributed by atoms with Gasteiger partial charge in [-0.15, -0.1) is 0 Å². The standard InChI is InChI=1S/3C18H15P.CClO.Ru/c3*1-4-10-16(11-5-1)19(17-12-6-2-7-13-17)18-14-8-3-9-15-18;2-1-3;/h3*1-15H;;. The van der Waals surface area contributed by atoms with E-state index in [2.05, 4.69) is 285 Å². The number of halogens is 1. The Kier molecular flexibility index (Phi) is 19.0. The first-order valence-electron chi connectivity index (χ1n) is 19.8. The van der Waals surface area contributed by atoms with Crippen molar-refractivity contribution in [1.82, 2.24) is 0 Å². The Morgan fingerprint density at radius 3 is 0.410 bits per heavy atom. The van der Waals surface area contributed by atoms with Crippen molar-refractivity contribution in [3.8, 4) is 0 Å². The van der Waals surface area contributed by atoms with Crippen LogP contribution in [0.15, 0.2) is 273 Å². The molecule has 0 saturated heterocycles. The first kappa shape index (κ1) is 45.4. The van der Waals surface area contributed by atoms with E-state index in [9.17, 15) is 4.79 Å². The van der Waals surface area contributed by atoms with Crippen molar-refractivity contribution in [2.75, 3.05) is 0 Å². The van der Waals surface area contributed by atoms with Gasteiger partial charge >= 0.3 is 38.5 Å². The molecule has 0 bridgehead atoms. The van der Waals surface area contributed by atoms with Gasteiger partial charge in [0.1, 0.15) is 0 Å². The Morgan fingerprint density at radius 1 is 0.246 bits per heavy atom. The summed E-state index contributed by atoms with van der Waals surface area (Å²) in [6.45, 7) is 0. The van der Waals surface area contributed by atoms with Crippen LogP contribution in [0.3, 0.4) is 0 Å². The molecule has 9 aromatic rings. The predicted molar refractivity (Wildman–Crippen MR) is 267 cm³/mol. The molecule has 0 atom stereocenters. The smallest absolute Gasteiger partial charge is 0.0134 e. The van der Waals surface area contributed by atoms with E-state index in [-0.39, 0.29) is 0 Å². The number of rotatable bonds is 9. The third-order valence-electron chi connectivity index (χ3n) is 9.13. The number of carbonyl (C=O) groups is 1. The van der Waals surface area contributed by atoms with Gasteiger partial charge in [0.25, 0.3) is 0 Å². The number of hydrogen-bond donors (Lipinski definition) is 0. The zero-order valence-electron chi connectivity index (χ0n) is 33.5. The van der Waals surface area contributed by atoms with E-state index in [1.807, 2.05) is 0 Å². The number of benzene rings is 9. The van der Waals surface area contributed by atoms with Gasteiger partial charge < -0.3 is 0 Å². The van der Waals surface area contributed by atoms with E-state index in [1.54, 1.807) is 18.3 Å². The Morgan fingerprint density at radius 2 is 0.328 bits per heavy atom. The van der Waals surface area contributed by atoms with Gasteiger partial charge in [-0.1, -0.05) is 273 Å². The van der Waals surface area contributed by atoms with Gasteiger partial charge in [-0.2, -0.15) is 0 Å². The van der Waals surface area contributed by atoms with E-state index >= 15 is 0 Å². The topological polar surface area (TPSA) is 17.1 Å². The molecule has 0 spiro atoms. The van der Waals surface area contributed by atoms with Crippen molar-refractivity contribution in [1.29, 1.82) is 0 Å². The zero-order valence-corrected chi connectivity index (χ0v) is 38.6. The monoisotopic (exact) mass is 951 g/mol. The van der Waals surface area contributed by atoms with Crippen LogP contribution >= 0.6 is 35.4 Å². The van der Waals surface area contributed by atoms with E-state index in [0.717, 1.165) is 0 Å². The molecule has 0 N–H and O–H groups in total. The Labute approximate surface area is 380 Å². The molecule has 0 amide bonds. The van der Waals surface area contributed by atoms with E-state index in [0.29, 0.717) is 0 Å². The summed E-state index contributed by atoms with van der Waals surface area (Å²) < 4.78 is -0.431. The van der Waals surface area contributed by atoms with Crippen LogP contribution in [0.2, 0.25) is 0 Å². The maximum Gasteiger partial charge on any atom is -0.0134 e. The summed E-state index contributed by atoms with van der Waals surface area (Å²) in [6.07, 6.45) is 0. The average Bonchev–Trinajstić information content (AvgIpc) is 3.33. The second kappa shape index (κ2) is 25.6. The first-order valence-corrected chi connectivity index (χ1v) is 25.1. The Hall–Kier alpha value is -5.15. The maximum atomic E-state index is 9.18. The van der Waals surface area contributed by atoms with Crippen molar-refractivity contribution in [2.45, 2.75) is 0 Å². The number of hydrogen-bond acceptors (Lipinski definition) is 1. The predicted octanol–water partition coefficient (Wildman–Crippen LogP) is 11.2. The van der Waals surface area contributed by atoms with Crippen LogP contribution in [0, 0.1) is 0 Å². The fraction of sp³-hybridized carbons (Fsp3) is 0. The Balaban J connectivity index is 0.000000146. The third-order valence-corrected chi connectivity index (χ3v) is 16.5. The van der Waals surface area contributed by atoms with Gasteiger partial charge in [-0.3, -0.25) is 0 Å². The van der Waals surface area contributed by atoms with Crippen molar-refractivity contribution >= 4 is 86.9 Å². The minimum absolute atomic E-state index is 0.431. The first-order chi connectivity index (χ1) is 30.1. The molecule has 0 aliphatic carbocycles. The largest absolute Gasteiger partial charge is 0.0622 e. The molecule has 0 radical (unpaired) electrons. The molecule has 0 unspecified atom stereocenters. The van der Waals surface area contributed by atoms with Crippen LogP contribution in [-0.4, -0.2) is 3.84 Å². The van der Waals surface area contributed by atoms with Crippen LogP contribution in [0.1, 0.15) is 0 Å². The van der Waals surface area contributed by atoms with E-state index in [1.165, 1.54) is 47.7 Å². The van der Waals surface area contributed by atoms with E-state index < -0.39 is 27.6 Å². The van der Waals surface area contributed by atoms with Gasteiger partial charge in [0, 0.05) is 0 Å². The fourth-order valence-electron chi connectivity index (χ4n) is 6.54. The SMILES string of the molecule is O=[C](Cl)[Ru].c1ccc(P(c2ccccc2)c2ccccc2)cc1.c1ccc(P(c2ccccc2)c2ccccc2)cc1.c1ccc(P(c2ccccc2)c2ccccc2)cc1. The van der Waals surface area contributed by atoms with Gasteiger partial charge in [0.2, 0.25) is 0 Å².